The Bertz CT molecular complexity index is 550. The number of guanidine groups is 1. The molecule has 5 nitrogen and oxygen atoms in total. The van der Waals surface area contributed by atoms with Crippen LogP contribution >= 0.6 is 0 Å². The fourth-order valence-electron chi connectivity index (χ4n) is 2.36. The van der Waals surface area contributed by atoms with E-state index in [2.05, 4.69) is 60.7 Å². The molecule has 23 heavy (non-hydrogen) atoms. The van der Waals surface area contributed by atoms with E-state index in [-0.39, 0.29) is 17.9 Å². The Kier molecular flexibility index (Phi) is 7.07. The minimum absolute atomic E-state index is 0.0135. The molecule has 1 amide bonds. The van der Waals surface area contributed by atoms with Gasteiger partial charge in [0.25, 0.3) is 0 Å². The van der Waals surface area contributed by atoms with Gasteiger partial charge in [-0.1, -0.05) is 38.1 Å². The van der Waals surface area contributed by atoms with Gasteiger partial charge in [-0.15, -0.1) is 0 Å². The first-order valence-electron chi connectivity index (χ1n) is 8.06. The number of aryl methyl sites for hydroxylation is 1. The van der Waals surface area contributed by atoms with Crippen molar-refractivity contribution < 1.29 is 4.79 Å². The van der Waals surface area contributed by atoms with Gasteiger partial charge < -0.3 is 15.5 Å². The van der Waals surface area contributed by atoms with Crippen molar-refractivity contribution in [3.63, 3.8) is 0 Å². The highest BCUT2D eigenvalue weighted by atomic mass is 16.2. The molecule has 128 valence electrons. The first kappa shape index (κ1) is 19.0. The number of rotatable bonds is 6. The van der Waals surface area contributed by atoms with E-state index < -0.39 is 0 Å². The zero-order chi connectivity index (χ0) is 17.5. The lowest BCUT2D eigenvalue weighted by molar-refractivity contribution is -0.127. The molecule has 0 aliphatic rings. The molecule has 0 aliphatic carbocycles. The van der Waals surface area contributed by atoms with Gasteiger partial charge in [0, 0.05) is 32.6 Å². The van der Waals surface area contributed by atoms with Crippen molar-refractivity contribution in [3.8, 4) is 0 Å². The number of benzene rings is 1. The lowest BCUT2D eigenvalue weighted by Crippen LogP contribution is -2.44. The number of likely N-dealkylation sites (N-methyl/N-ethyl adjacent to an activating group) is 1. The Morgan fingerprint density at radius 2 is 1.87 bits per heavy atom. The SMILES string of the molecule is CCNC(=NCC(=O)N(C)C)NCC(C)(C)c1ccccc1C. The van der Waals surface area contributed by atoms with Gasteiger partial charge in [0.1, 0.15) is 6.54 Å². The third-order valence-electron chi connectivity index (χ3n) is 3.79. The summed E-state index contributed by atoms with van der Waals surface area (Å²) in [4.78, 5) is 17.6. The molecule has 0 heterocycles. The molecule has 0 spiro atoms. The predicted octanol–water partition coefficient (Wildman–Crippen LogP) is 1.92. The van der Waals surface area contributed by atoms with Crippen molar-refractivity contribution in [2.45, 2.75) is 33.1 Å². The average molecular weight is 318 g/mol. The summed E-state index contributed by atoms with van der Waals surface area (Å²) in [6.07, 6.45) is 0. The van der Waals surface area contributed by atoms with E-state index >= 15 is 0 Å². The second-order valence-electron chi connectivity index (χ2n) is 6.54. The Hall–Kier alpha value is -2.04. The van der Waals surface area contributed by atoms with Crippen molar-refractivity contribution in [3.05, 3.63) is 35.4 Å². The van der Waals surface area contributed by atoms with Crippen LogP contribution in [0.1, 0.15) is 31.9 Å². The highest BCUT2D eigenvalue weighted by Gasteiger charge is 2.22. The van der Waals surface area contributed by atoms with E-state index in [1.54, 1.807) is 19.0 Å². The van der Waals surface area contributed by atoms with Crippen molar-refractivity contribution >= 4 is 11.9 Å². The molecule has 1 aromatic rings. The molecule has 0 aliphatic heterocycles. The van der Waals surface area contributed by atoms with E-state index in [4.69, 9.17) is 0 Å². The smallest absolute Gasteiger partial charge is 0.243 e. The van der Waals surface area contributed by atoms with Crippen molar-refractivity contribution in [2.24, 2.45) is 4.99 Å². The number of hydrogen-bond acceptors (Lipinski definition) is 2. The van der Waals surface area contributed by atoms with E-state index in [1.165, 1.54) is 11.1 Å². The maximum Gasteiger partial charge on any atom is 0.243 e. The molecule has 0 saturated heterocycles. The highest BCUT2D eigenvalue weighted by Crippen LogP contribution is 2.25. The van der Waals surface area contributed by atoms with E-state index in [9.17, 15) is 4.79 Å². The fraction of sp³-hybridized carbons (Fsp3) is 0.556. The van der Waals surface area contributed by atoms with Crippen LogP contribution in [-0.2, 0) is 10.2 Å². The van der Waals surface area contributed by atoms with E-state index in [0.29, 0.717) is 5.96 Å². The Labute approximate surface area is 140 Å². The van der Waals surface area contributed by atoms with Crippen molar-refractivity contribution in [1.29, 1.82) is 0 Å². The topological polar surface area (TPSA) is 56.7 Å². The first-order valence-corrected chi connectivity index (χ1v) is 8.06. The summed E-state index contributed by atoms with van der Waals surface area (Å²) < 4.78 is 0. The quantitative estimate of drug-likeness (QED) is 0.622. The molecular formula is C18H30N4O. The maximum atomic E-state index is 11.7. The molecule has 0 atom stereocenters. The largest absolute Gasteiger partial charge is 0.357 e. The van der Waals surface area contributed by atoms with Crippen LogP contribution in [0.25, 0.3) is 0 Å². The molecule has 0 aromatic heterocycles. The molecule has 0 bridgehead atoms. The Morgan fingerprint density at radius 1 is 1.22 bits per heavy atom. The van der Waals surface area contributed by atoms with Gasteiger partial charge in [-0.3, -0.25) is 4.79 Å². The third-order valence-corrected chi connectivity index (χ3v) is 3.79. The summed E-state index contributed by atoms with van der Waals surface area (Å²) in [6, 6.07) is 8.42. The van der Waals surface area contributed by atoms with Crippen LogP contribution in [0.15, 0.2) is 29.3 Å². The minimum atomic E-state index is -0.0346. The predicted molar refractivity (Wildman–Crippen MR) is 96.9 cm³/mol. The lowest BCUT2D eigenvalue weighted by Gasteiger charge is -2.28. The summed E-state index contributed by atoms with van der Waals surface area (Å²) in [5, 5.41) is 6.53. The van der Waals surface area contributed by atoms with Crippen LogP contribution in [0.4, 0.5) is 0 Å². The van der Waals surface area contributed by atoms with Gasteiger partial charge in [0.2, 0.25) is 5.91 Å². The monoisotopic (exact) mass is 318 g/mol. The van der Waals surface area contributed by atoms with E-state index in [0.717, 1.165) is 13.1 Å². The van der Waals surface area contributed by atoms with Crippen LogP contribution in [0.5, 0.6) is 0 Å². The summed E-state index contributed by atoms with van der Waals surface area (Å²) in [6.45, 7) is 10.2. The molecule has 0 saturated carbocycles. The molecule has 0 radical (unpaired) electrons. The van der Waals surface area contributed by atoms with Crippen LogP contribution in [0.3, 0.4) is 0 Å². The van der Waals surface area contributed by atoms with Gasteiger partial charge in [-0.25, -0.2) is 4.99 Å². The summed E-state index contributed by atoms with van der Waals surface area (Å²) in [7, 11) is 3.47. The number of carbonyl (C=O) groups is 1. The molecule has 1 rings (SSSR count). The number of carbonyl (C=O) groups excluding carboxylic acids is 1. The summed E-state index contributed by atoms with van der Waals surface area (Å²) >= 11 is 0. The third kappa shape index (κ3) is 5.93. The van der Waals surface area contributed by atoms with Crippen LogP contribution in [-0.4, -0.2) is 50.5 Å². The van der Waals surface area contributed by atoms with Gasteiger partial charge in [-0.05, 0) is 25.0 Å². The Morgan fingerprint density at radius 3 is 2.43 bits per heavy atom. The number of aliphatic imine (C=N–C) groups is 1. The molecule has 1 aromatic carbocycles. The Balaban J connectivity index is 2.76. The average Bonchev–Trinajstić information content (AvgIpc) is 2.49. The first-order chi connectivity index (χ1) is 10.8. The number of hydrogen-bond donors (Lipinski definition) is 2. The minimum Gasteiger partial charge on any atom is -0.357 e. The highest BCUT2D eigenvalue weighted by molar-refractivity contribution is 5.84. The maximum absolute atomic E-state index is 11.7. The molecular weight excluding hydrogens is 288 g/mol. The number of nitrogens with zero attached hydrogens (tertiary/aromatic N) is 2. The zero-order valence-corrected chi connectivity index (χ0v) is 15.2. The van der Waals surface area contributed by atoms with Crippen molar-refractivity contribution in [2.75, 3.05) is 33.7 Å². The second-order valence-corrected chi connectivity index (χ2v) is 6.54. The van der Waals surface area contributed by atoms with Gasteiger partial charge in [-0.2, -0.15) is 0 Å². The van der Waals surface area contributed by atoms with Gasteiger partial charge in [0.05, 0.1) is 0 Å². The van der Waals surface area contributed by atoms with E-state index in [1.807, 2.05) is 6.92 Å². The lowest BCUT2D eigenvalue weighted by atomic mass is 9.82. The number of amides is 1. The number of nitrogens with one attached hydrogen (secondary N) is 2. The van der Waals surface area contributed by atoms with Gasteiger partial charge in [0.15, 0.2) is 5.96 Å². The summed E-state index contributed by atoms with van der Waals surface area (Å²) in [5.74, 6) is 0.657. The fourth-order valence-corrected chi connectivity index (χ4v) is 2.36. The zero-order valence-electron chi connectivity index (χ0n) is 15.2. The van der Waals surface area contributed by atoms with Crippen LogP contribution in [0.2, 0.25) is 0 Å². The normalized spacial score (nSPS) is 12.0. The molecule has 0 fully saturated rings. The summed E-state index contributed by atoms with van der Waals surface area (Å²) in [5.41, 5.74) is 2.56. The standard InChI is InChI=1S/C18H30N4O/c1-7-19-17(20-12-16(23)22(5)6)21-13-18(3,4)15-11-9-8-10-14(15)2/h8-11H,7,12-13H2,1-6H3,(H2,19,20,21). The van der Waals surface area contributed by atoms with Crippen LogP contribution in [0, 0.1) is 6.92 Å². The molecule has 2 N–H and O–H groups in total. The van der Waals surface area contributed by atoms with Crippen LogP contribution < -0.4 is 10.6 Å². The van der Waals surface area contributed by atoms with Gasteiger partial charge >= 0.3 is 0 Å². The van der Waals surface area contributed by atoms with Crippen molar-refractivity contribution in [1.82, 2.24) is 15.5 Å². The molecule has 5 heteroatoms. The second kappa shape index (κ2) is 8.56. The molecule has 0 unspecified atom stereocenters.